The summed E-state index contributed by atoms with van der Waals surface area (Å²) in [5.74, 6) is 0.811. The lowest BCUT2D eigenvalue weighted by atomic mass is 10.4. The number of imide groups is 1. The molecule has 0 saturated carbocycles. The van der Waals surface area contributed by atoms with Gasteiger partial charge in [-0.05, 0) is 0 Å². The van der Waals surface area contributed by atoms with Gasteiger partial charge in [-0.2, -0.15) is 12.6 Å². The Morgan fingerprint density at radius 3 is 2.75 bits per heavy atom. The molecule has 1 rings (SSSR count). The van der Waals surface area contributed by atoms with Gasteiger partial charge in [-0.25, -0.2) is 0 Å². The summed E-state index contributed by atoms with van der Waals surface area (Å²) in [6, 6.07) is 0. The van der Waals surface area contributed by atoms with Gasteiger partial charge in [0.05, 0.1) is 5.75 Å². The van der Waals surface area contributed by atoms with E-state index in [0.29, 0.717) is 12.3 Å². The third-order valence-electron chi connectivity index (χ3n) is 1.40. The highest BCUT2D eigenvalue weighted by Crippen LogP contribution is 2.17. The van der Waals surface area contributed by atoms with E-state index in [2.05, 4.69) is 12.6 Å². The van der Waals surface area contributed by atoms with Crippen molar-refractivity contribution in [3.63, 3.8) is 0 Å². The maximum Gasteiger partial charge on any atom is 0.289 e. The SMILES string of the molecule is O=C1CSC(=O)N1C/C=C/CS. The quantitative estimate of drug-likeness (QED) is 0.552. The summed E-state index contributed by atoms with van der Waals surface area (Å²) in [7, 11) is 0. The van der Waals surface area contributed by atoms with Gasteiger partial charge >= 0.3 is 0 Å². The van der Waals surface area contributed by atoms with Gasteiger partial charge in [0.15, 0.2) is 0 Å². The number of carbonyl (C=O) groups excluding carboxylic acids is 2. The molecule has 0 aromatic rings. The zero-order chi connectivity index (χ0) is 8.97. The Morgan fingerprint density at radius 2 is 2.25 bits per heavy atom. The molecule has 0 N–H and O–H groups in total. The van der Waals surface area contributed by atoms with Crippen molar-refractivity contribution in [3.8, 4) is 0 Å². The highest BCUT2D eigenvalue weighted by molar-refractivity contribution is 8.14. The van der Waals surface area contributed by atoms with Gasteiger partial charge in [-0.1, -0.05) is 23.9 Å². The van der Waals surface area contributed by atoms with Crippen LogP contribution >= 0.6 is 24.4 Å². The fourth-order valence-corrected chi connectivity index (χ4v) is 1.70. The first-order valence-electron chi connectivity index (χ1n) is 3.48. The minimum Gasteiger partial charge on any atom is -0.273 e. The molecular formula is C7H9NO2S2. The molecule has 1 heterocycles. The van der Waals surface area contributed by atoms with Gasteiger partial charge in [0.2, 0.25) is 5.91 Å². The summed E-state index contributed by atoms with van der Waals surface area (Å²) >= 11 is 5.02. The van der Waals surface area contributed by atoms with Crippen LogP contribution in [0.3, 0.4) is 0 Å². The fourth-order valence-electron chi connectivity index (χ4n) is 0.812. The second-order valence-corrected chi connectivity index (χ2v) is 3.50. The lowest BCUT2D eigenvalue weighted by molar-refractivity contribution is -0.124. The lowest BCUT2D eigenvalue weighted by Gasteiger charge is -2.08. The monoisotopic (exact) mass is 203 g/mol. The molecule has 5 heteroatoms. The van der Waals surface area contributed by atoms with Crippen LogP contribution in [0.4, 0.5) is 4.79 Å². The van der Waals surface area contributed by atoms with E-state index in [1.807, 2.05) is 6.08 Å². The Balaban J connectivity index is 2.45. The van der Waals surface area contributed by atoms with Crippen molar-refractivity contribution >= 4 is 35.5 Å². The lowest BCUT2D eigenvalue weighted by Crippen LogP contribution is -2.28. The first-order valence-corrected chi connectivity index (χ1v) is 5.10. The van der Waals surface area contributed by atoms with E-state index in [1.165, 1.54) is 4.90 Å². The maximum atomic E-state index is 11.0. The molecule has 2 amide bonds. The maximum absolute atomic E-state index is 11.0. The first-order chi connectivity index (χ1) is 5.75. The van der Waals surface area contributed by atoms with Crippen LogP contribution in [0.2, 0.25) is 0 Å². The molecule has 1 aliphatic heterocycles. The van der Waals surface area contributed by atoms with Gasteiger partial charge in [-0.15, -0.1) is 0 Å². The summed E-state index contributed by atoms with van der Waals surface area (Å²) in [6.45, 7) is 0.380. The topological polar surface area (TPSA) is 37.4 Å². The molecular weight excluding hydrogens is 194 g/mol. The Labute approximate surface area is 80.6 Å². The molecule has 0 bridgehead atoms. The van der Waals surface area contributed by atoms with E-state index in [9.17, 15) is 9.59 Å². The fraction of sp³-hybridized carbons (Fsp3) is 0.429. The van der Waals surface area contributed by atoms with Crippen molar-refractivity contribution in [2.24, 2.45) is 0 Å². The first kappa shape index (κ1) is 9.67. The van der Waals surface area contributed by atoms with Gasteiger partial charge in [0, 0.05) is 12.3 Å². The number of thioether (sulfide) groups is 1. The highest BCUT2D eigenvalue weighted by atomic mass is 32.2. The van der Waals surface area contributed by atoms with Crippen LogP contribution in [0.15, 0.2) is 12.2 Å². The number of thiol groups is 1. The second-order valence-electron chi connectivity index (χ2n) is 2.21. The van der Waals surface area contributed by atoms with Crippen molar-refractivity contribution in [3.05, 3.63) is 12.2 Å². The van der Waals surface area contributed by atoms with Crippen LogP contribution in [0.5, 0.6) is 0 Å². The number of hydrogen-bond acceptors (Lipinski definition) is 4. The van der Waals surface area contributed by atoms with Gasteiger partial charge in [0.25, 0.3) is 5.24 Å². The number of nitrogens with zero attached hydrogens (tertiary/aromatic N) is 1. The Morgan fingerprint density at radius 1 is 1.50 bits per heavy atom. The summed E-state index contributed by atoms with van der Waals surface area (Å²) in [6.07, 6.45) is 3.58. The summed E-state index contributed by atoms with van der Waals surface area (Å²) in [5.41, 5.74) is 0. The van der Waals surface area contributed by atoms with Crippen LogP contribution in [0, 0.1) is 0 Å². The van der Waals surface area contributed by atoms with E-state index in [-0.39, 0.29) is 16.9 Å². The largest absolute Gasteiger partial charge is 0.289 e. The molecule has 66 valence electrons. The van der Waals surface area contributed by atoms with Gasteiger partial charge in [-0.3, -0.25) is 14.5 Å². The van der Waals surface area contributed by atoms with Crippen LogP contribution in [0.25, 0.3) is 0 Å². The van der Waals surface area contributed by atoms with Gasteiger partial charge < -0.3 is 0 Å². The minimum absolute atomic E-state index is 0.103. The average molecular weight is 203 g/mol. The predicted octanol–water partition coefficient (Wildman–Crippen LogP) is 1.17. The molecule has 0 unspecified atom stereocenters. The van der Waals surface area contributed by atoms with Crippen LogP contribution in [-0.4, -0.2) is 34.1 Å². The molecule has 0 aromatic heterocycles. The van der Waals surface area contributed by atoms with Crippen LogP contribution < -0.4 is 0 Å². The number of amides is 2. The third kappa shape index (κ3) is 2.28. The Bertz CT molecular complexity index is 211. The van der Waals surface area contributed by atoms with Crippen molar-refractivity contribution in [1.82, 2.24) is 4.90 Å². The third-order valence-corrected chi connectivity index (χ3v) is 2.47. The highest BCUT2D eigenvalue weighted by Gasteiger charge is 2.28. The van der Waals surface area contributed by atoms with E-state index < -0.39 is 0 Å². The van der Waals surface area contributed by atoms with E-state index in [1.54, 1.807) is 6.08 Å². The number of carbonyl (C=O) groups is 2. The summed E-state index contributed by atoms with van der Waals surface area (Å²) in [5, 5.41) is -0.149. The van der Waals surface area contributed by atoms with E-state index in [4.69, 9.17) is 0 Å². The van der Waals surface area contributed by atoms with Gasteiger partial charge in [0.1, 0.15) is 0 Å². The molecule has 0 atom stereocenters. The van der Waals surface area contributed by atoms with Crippen LogP contribution in [-0.2, 0) is 4.79 Å². The molecule has 0 spiro atoms. The molecule has 12 heavy (non-hydrogen) atoms. The summed E-state index contributed by atoms with van der Waals surface area (Å²) < 4.78 is 0. The molecule has 3 nitrogen and oxygen atoms in total. The zero-order valence-corrected chi connectivity index (χ0v) is 8.11. The normalized spacial score (nSPS) is 18.2. The minimum atomic E-state index is -0.149. The number of hydrogen-bond donors (Lipinski definition) is 1. The van der Waals surface area contributed by atoms with Crippen LogP contribution in [0.1, 0.15) is 0 Å². The predicted molar refractivity (Wildman–Crippen MR) is 52.6 cm³/mol. The van der Waals surface area contributed by atoms with Crippen molar-refractivity contribution in [2.75, 3.05) is 18.1 Å². The molecule has 0 radical (unpaired) electrons. The Kier molecular flexibility index (Phi) is 3.68. The molecule has 0 aliphatic carbocycles. The van der Waals surface area contributed by atoms with Crippen molar-refractivity contribution in [1.29, 1.82) is 0 Å². The standard InChI is InChI=1S/C7H9NO2S2/c9-6-5-12-7(10)8(6)3-1-2-4-11/h1-2,11H,3-5H2/b2-1+. The molecule has 1 fully saturated rings. The van der Waals surface area contributed by atoms with E-state index >= 15 is 0 Å². The molecule has 0 aromatic carbocycles. The smallest absolute Gasteiger partial charge is 0.273 e. The van der Waals surface area contributed by atoms with Crippen molar-refractivity contribution in [2.45, 2.75) is 0 Å². The average Bonchev–Trinajstić information content (AvgIpc) is 2.35. The zero-order valence-electron chi connectivity index (χ0n) is 6.40. The summed E-state index contributed by atoms with van der Waals surface area (Å²) in [4.78, 5) is 23.2. The Hall–Kier alpha value is -0.420. The molecule has 1 saturated heterocycles. The second kappa shape index (κ2) is 4.57. The number of rotatable bonds is 3. The molecule has 1 aliphatic rings. The van der Waals surface area contributed by atoms with E-state index in [0.717, 1.165) is 11.8 Å². The van der Waals surface area contributed by atoms with Crippen molar-refractivity contribution < 1.29 is 9.59 Å².